The second-order valence-electron chi connectivity index (χ2n) is 3.16. The molecule has 0 saturated carbocycles. The monoisotopic (exact) mass is 202 g/mol. The molecule has 0 aliphatic rings. The van der Waals surface area contributed by atoms with Crippen molar-refractivity contribution in [1.29, 1.82) is 0 Å². The number of hydrogen-bond donors (Lipinski definition) is 0. The molecule has 0 aromatic heterocycles. The molecule has 0 radical (unpaired) electrons. The van der Waals surface area contributed by atoms with Crippen molar-refractivity contribution in [1.82, 2.24) is 0 Å². The zero-order valence-electron chi connectivity index (χ0n) is 7.80. The average molecular weight is 203 g/mol. The predicted octanol–water partition coefficient (Wildman–Crippen LogP) is 3.83. The van der Waals surface area contributed by atoms with Gasteiger partial charge >= 0.3 is 0 Å². The van der Waals surface area contributed by atoms with Crippen LogP contribution in [0.3, 0.4) is 0 Å². The third-order valence-corrected chi connectivity index (χ3v) is 3.82. The van der Waals surface area contributed by atoms with E-state index in [1.807, 2.05) is 0 Å². The van der Waals surface area contributed by atoms with Gasteiger partial charge in [-0.3, -0.25) is 0 Å². The molecule has 0 atom stereocenters. The lowest BCUT2D eigenvalue weighted by molar-refractivity contribution is 1.08. The van der Waals surface area contributed by atoms with Crippen LogP contribution in [0.25, 0.3) is 0 Å². The molecule has 1 aromatic rings. The Hall–Kier alpha value is -0.140. The number of aryl methyl sites for hydroxylation is 1. The van der Waals surface area contributed by atoms with Gasteiger partial charge in [0.15, 0.2) is 0 Å². The molecule has 1 rings (SSSR count). The van der Waals surface area contributed by atoms with Gasteiger partial charge < -0.3 is 0 Å². The van der Waals surface area contributed by atoms with Crippen LogP contribution in [0.5, 0.6) is 0 Å². The van der Waals surface area contributed by atoms with Gasteiger partial charge in [-0.15, -0.1) is 9.24 Å². The molecule has 0 N–H and O–H groups in total. The quantitative estimate of drug-likeness (QED) is 0.684. The highest BCUT2D eigenvalue weighted by Gasteiger charge is 2.13. The first-order chi connectivity index (χ1) is 5.55. The molecule has 0 nitrogen and oxygen atoms in total. The van der Waals surface area contributed by atoms with Gasteiger partial charge in [0, 0.05) is 4.90 Å². The average Bonchev–Trinajstić information content (AvgIpc) is 2.03. The summed E-state index contributed by atoms with van der Waals surface area (Å²) >= 11 is 0. The van der Waals surface area contributed by atoms with E-state index in [0.29, 0.717) is 0 Å². The first-order valence-electron chi connectivity index (χ1n) is 4.06. The Balaban J connectivity index is 3.14. The van der Waals surface area contributed by atoms with Gasteiger partial charge in [-0.25, -0.2) is 0 Å². The topological polar surface area (TPSA) is 0 Å². The van der Waals surface area contributed by atoms with Crippen LogP contribution in [-0.2, 0) is 6.42 Å². The summed E-state index contributed by atoms with van der Waals surface area (Å²) in [5.74, 6) is 0. The summed E-state index contributed by atoms with van der Waals surface area (Å²) in [6.07, 6.45) is 5.30. The van der Waals surface area contributed by atoms with Crippen molar-refractivity contribution >= 4 is 19.9 Å². The molecule has 0 spiro atoms. The largest absolute Gasteiger partial charge is 0.141 e. The number of halogens is 1. The maximum atomic E-state index is 6.33. The molecular weight excluding hydrogens is 188 g/mol. The Morgan fingerprint density at radius 3 is 2.25 bits per heavy atom. The summed E-state index contributed by atoms with van der Waals surface area (Å²) < 4.78 is 0. The van der Waals surface area contributed by atoms with Crippen molar-refractivity contribution in [2.24, 2.45) is 0 Å². The lowest BCUT2D eigenvalue weighted by Gasteiger charge is -2.25. The van der Waals surface area contributed by atoms with E-state index in [0.717, 1.165) is 6.42 Å². The van der Waals surface area contributed by atoms with Crippen molar-refractivity contribution in [3.05, 3.63) is 29.8 Å². The van der Waals surface area contributed by atoms with Gasteiger partial charge in [-0.1, -0.05) is 35.8 Å². The fourth-order valence-corrected chi connectivity index (χ4v) is 2.96. The Bertz CT molecular complexity index is 263. The standard InChI is InChI=1S/C10H15ClS/c1-4-9-7-5-6-8-10(9)12(2,3)11/h5-8H,4H2,1-3H3. The van der Waals surface area contributed by atoms with Crippen molar-refractivity contribution < 1.29 is 0 Å². The molecule has 0 heterocycles. The molecule has 0 unspecified atom stereocenters. The fourth-order valence-electron chi connectivity index (χ4n) is 1.27. The van der Waals surface area contributed by atoms with E-state index in [1.165, 1.54) is 10.5 Å². The Morgan fingerprint density at radius 2 is 1.83 bits per heavy atom. The van der Waals surface area contributed by atoms with Crippen LogP contribution >= 0.6 is 19.9 Å². The van der Waals surface area contributed by atoms with E-state index in [2.05, 4.69) is 43.7 Å². The van der Waals surface area contributed by atoms with Gasteiger partial charge in [-0.05, 0) is 30.6 Å². The van der Waals surface area contributed by atoms with E-state index in [4.69, 9.17) is 10.7 Å². The van der Waals surface area contributed by atoms with Crippen molar-refractivity contribution in [3.63, 3.8) is 0 Å². The van der Waals surface area contributed by atoms with E-state index < -0.39 is 9.24 Å². The lowest BCUT2D eigenvalue weighted by atomic mass is 10.2. The van der Waals surface area contributed by atoms with Crippen LogP contribution in [0.1, 0.15) is 12.5 Å². The molecule has 1 aromatic carbocycles. The summed E-state index contributed by atoms with van der Waals surface area (Å²) in [6.45, 7) is 2.17. The van der Waals surface area contributed by atoms with Gasteiger partial charge in [-0.2, -0.15) is 0 Å². The normalized spacial score (nSPS) is 13.0. The third-order valence-electron chi connectivity index (χ3n) is 1.88. The van der Waals surface area contributed by atoms with Crippen LogP contribution in [0.15, 0.2) is 29.2 Å². The van der Waals surface area contributed by atoms with Crippen LogP contribution in [0, 0.1) is 0 Å². The number of benzene rings is 1. The Kier molecular flexibility index (Phi) is 3.08. The SMILES string of the molecule is CCc1ccccc1S(C)(C)Cl. The molecule has 0 amide bonds. The molecular formula is C10H15ClS. The van der Waals surface area contributed by atoms with E-state index in [1.54, 1.807) is 0 Å². The summed E-state index contributed by atoms with van der Waals surface area (Å²) in [5, 5.41) is 0. The smallest absolute Gasteiger partial charge is 0.00568 e. The van der Waals surface area contributed by atoms with Gasteiger partial charge in [0.2, 0.25) is 0 Å². The molecule has 12 heavy (non-hydrogen) atoms. The first kappa shape index (κ1) is 9.94. The van der Waals surface area contributed by atoms with Crippen molar-refractivity contribution in [3.8, 4) is 0 Å². The summed E-state index contributed by atoms with van der Waals surface area (Å²) in [5.41, 5.74) is 1.38. The molecule has 2 heteroatoms. The maximum absolute atomic E-state index is 6.33. The van der Waals surface area contributed by atoms with Crippen LogP contribution in [0.4, 0.5) is 0 Å². The molecule has 68 valence electrons. The molecule has 0 saturated heterocycles. The van der Waals surface area contributed by atoms with E-state index in [9.17, 15) is 0 Å². The van der Waals surface area contributed by atoms with Gasteiger partial charge in [0.1, 0.15) is 0 Å². The molecule has 0 aliphatic carbocycles. The summed E-state index contributed by atoms with van der Waals surface area (Å²) in [4.78, 5) is 1.33. The maximum Gasteiger partial charge on any atom is 0.00568 e. The van der Waals surface area contributed by atoms with Crippen LogP contribution < -0.4 is 0 Å². The lowest BCUT2D eigenvalue weighted by Crippen LogP contribution is -1.93. The van der Waals surface area contributed by atoms with Crippen molar-refractivity contribution in [2.75, 3.05) is 12.5 Å². The van der Waals surface area contributed by atoms with Gasteiger partial charge in [0.25, 0.3) is 0 Å². The minimum atomic E-state index is -1.07. The fraction of sp³-hybridized carbons (Fsp3) is 0.400. The van der Waals surface area contributed by atoms with Gasteiger partial charge in [0.05, 0.1) is 0 Å². The molecule has 0 bridgehead atoms. The number of rotatable bonds is 2. The minimum absolute atomic E-state index is 1.07. The second-order valence-corrected chi connectivity index (χ2v) is 8.32. The molecule has 0 aliphatic heterocycles. The van der Waals surface area contributed by atoms with E-state index in [-0.39, 0.29) is 0 Å². The second kappa shape index (κ2) is 3.71. The zero-order chi connectivity index (χ0) is 9.19. The highest BCUT2D eigenvalue weighted by molar-refractivity contribution is 8.50. The van der Waals surface area contributed by atoms with E-state index >= 15 is 0 Å². The minimum Gasteiger partial charge on any atom is -0.141 e. The zero-order valence-corrected chi connectivity index (χ0v) is 9.38. The summed E-state index contributed by atoms with van der Waals surface area (Å²) in [6, 6.07) is 8.43. The van der Waals surface area contributed by atoms with Crippen molar-refractivity contribution in [2.45, 2.75) is 18.2 Å². The molecule has 0 fully saturated rings. The summed E-state index contributed by atoms with van der Waals surface area (Å²) in [7, 11) is 5.25. The first-order valence-corrected chi connectivity index (χ1v) is 7.34. The van der Waals surface area contributed by atoms with Crippen LogP contribution in [-0.4, -0.2) is 12.5 Å². The van der Waals surface area contributed by atoms with Crippen LogP contribution in [0.2, 0.25) is 0 Å². The Morgan fingerprint density at radius 1 is 1.25 bits per heavy atom. The predicted molar refractivity (Wildman–Crippen MR) is 59.4 cm³/mol. The highest BCUT2D eigenvalue weighted by atomic mass is 35.7. The third kappa shape index (κ3) is 2.18. The number of hydrogen-bond acceptors (Lipinski definition) is 0. The Labute approximate surface area is 80.8 Å². The highest BCUT2D eigenvalue weighted by Crippen LogP contribution is 2.55.